The summed E-state index contributed by atoms with van der Waals surface area (Å²) in [6, 6.07) is 6.73. The van der Waals surface area contributed by atoms with E-state index in [0.717, 1.165) is 5.92 Å². The van der Waals surface area contributed by atoms with Crippen molar-refractivity contribution in [2.75, 3.05) is 0 Å². The molecule has 1 aromatic heterocycles. The molecule has 2 heteroatoms. The number of hydrogen-bond donors (Lipinski definition) is 1. The molecule has 1 nitrogen and oxygen atoms in total. The first-order valence-electron chi connectivity index (χ1n) is 6.53. The first-order valence-corrected chi connectivity index (χ1v) is 7.33. The summed E-state index contributed by atoms with van der Waals surface area (Å²) in [7, 11) is 0. The molecule has 0 radical (unpaired) electrons. The van der Waals surface area contributed by atoms with Crippen molar-refractivity contribution in [3.05, 3.63) is 33.9 Å². The van der Waals surface area contributed by atoms with Gasteiger partial charge >= 0.3 is 0 Å². The largest absolute Gasteiger partial charge is 0.349 e. The van der Waals surface area contributed by atoms with Crippen LogP contribution in [0.4, 0.5) is 0 Å². The Labute approximate surface area is 111 Å². The molecule has 1 N–H and O–H groups in total. The Hall–Kier alpha value is -0.760. The van der Waals surface area contributed by atoms with E-state index in [2.05, 4.69) is 46.0 Å². The van der Waals surface area contributed by atoms with Crippen molar-refractivity contribution in [3.63, 3.8) is 0 Å². The van der Waals surface area contributed by atoms with Gasteiger partial charge in [0.15, 0.2) is 0 Å². The van der Waals surface area contributed by atoms with Crippen molar-refractivity contribution in [2.24, 2.45) is 0 Å². The molecule has 1 saturated carbocycles. The average molecular weight is 292 g/mol. The molecule has 1 heterocycles. The lowest BCUT2D eigenvalue weighted by molar-refractivity contribution is 0.444. The second kappa shape index (κ2) is 4.49. The van der Waals surface area contributed by atoms with Gasteiger partial charge in [-0.3, -0.25) is 0 Å². The van der Waals surface area contributed by atoms with Gasteiger partial charge in [0.05, 0.1) is 4.60 Å². The predicted octanol–water partition coefficient (Wildman–Crippen LogP) is 5.29. The molecular formula is C15H18BrN. The highest BCUT2D eigenvalue weighted by molar-refractivity contribution is 9.10. The van der Waals surface area contributed by atoms with Gasteiger partial charge in [-0.2, -0.15) is 0 Å². The second-order valence-electron chi connectivity index (χ2n) is 5.24. The van der Waals surface area contributed by atoms with Crippen LogP contribution >= 0.6 is 15.9 Å². The van der Waals surface area contributed by atoms with Gasteiger partial charge in [-0.1, -0.05) is 31.4 Å². The lowest BCUT2D eigenvalue weighted by atomic mass is 9.84. The zero-order valence-corrected chi connectivity index (χ0v) is 11.8. The molecular weight excluding hydrogens is 274 g/mol. The Balaban J connectivity index is 2.11. The summed E-state index contributed by atoms with van der Waals surface area (Å²) in [5.74, 6) is 0.745. The minimum atomic E-state index is 0.745. The van der Waals surface area contributed by atoms with Crippen LogP contribution in [0.25, 0.3) is 10.9 Å². The van der Waals surface area contributed by atoms with E-state index in [4.69, 9.17) is 0 Å². The molecule has 1 aromatic carbocycles. The third kappa shape index (κ3) is 2.03. The smallest absolute Gasteiger partial charge is 0.0866 e. The molecule has 17 heavy (non-hydrogen) atoms. The van der Waals surface area contributed by atoms with Crippen LogP contribution in [0.2, 0.25) is 0 Å². The number of H-pyrrole nitrogens is 1. The van der Waals surface area contributed by atoms with Crippen molar-refractivity contribution in [1.29, 1.82) is 0 Å². The molecule has 0 aliphatic heterocycles. The molecule has 2 aromatic rings. The fraction of sp³-hybridized carbons (Fsp3) is 0.467. The van der Waals surface area contributed by atoms with Gasteiger partial charge in [-0.15, -0.1) is 0 Å². The fourth-order valence-electron chi connectivity index (χ4n) is 3.09. The summed E-state index contributed by atoms with van der Waals surface area (Å²) in [5.41, 5.74) is 4.11. The summed E-state index contributed by atoms with van der Waals surface area (Å²) in [6.07, 6.45) is 6.87. The van der Waals surface area contributed by atoms with Crippen molar-refractivity contribution < 1.29 is 0 Å². The Morgan fingerprint density at radius 2 is 1.94 bits per heavy atom. The molecule has 1 aliphatic carbocycles. The summed E-state index contributed by atoms with van der Waals surface area (Å²) in [4.78, 5) is 3.48. The van der Waals surface area contributed by atoms with Gasteiger partial charge < -0.3 is 4.98 Å². The van der Waals surface area contributed by atoms with E-state index < -0.39 is 0 Å². The standard InChI is InChI=1S/C15H18BrN/c1-10-7-8-12-13(9-10)17-15(16)14(12)11-5-3-2-4-6-11/h7-9,11,17H,2-6H2,1H3. The maximum atomic E-state index is 3.71. The first kappa shape index (κ1) is 11.3. The van der Waals surface area contributed by atoms with Crippen LogP contribution in [-0.2, 0) is 0 Å². The Bertz CT molecular complexity index is 535. The summed E-state index contributed by atoms with van der Waals surface area (Å²) in [6.45, 7) is 2.15. The van der Waals surface area contributed by atoms with Crippen molar-refractivity contribution in [2.45, 2.75) is 44.9 Å². The number of nitrogens with one attached hydrogen (secondary N) is 1. The van der Waals surface area contributed by atoms with E-state index in [9.17, 15) is 0 Å². The summed E-state index contributed by atoms with van der Waals surface area (Å²) < 4.78 is 1.20. The fourth-order valence-corrected chi connectivity index (χ4v) is 3.84. The van der Waals surface area contributed by atoms with Gasteiger partial charge in [0.25, 0.3) is 0 Å². The lowest BCUT2D eigenvalue weighted by Gasteiger charge is -2.21. The zero-order chi connectivity index (χ0) is 11.8. The van der Waals surface area contributed by atoms with Gasteiger partial charge in [0.2, 0.25) is 0 Å². The van der Waals surface area contributed by atoms with E-state index in [-0.39, 0.29) is 0 Å². The van der Waals surface area contributed by atoms with Crippen LogP contribution in [0.1, 0.15) is 49.1 Å². The average Bonchev–Trinajstić information content (AvgIpc) is 2.65. The zero-order valence-electron chi connectivity index (χ0n) is 10.2. The van der Waals surface area contributed by atoms with Crippen LogP contribution in [0, 0.1) is 6.92 Å². The normalized spacial score (nSPS) is 17.8. The molecule has 1 aliphatic rings. The van der Waals surface area contributed by atoms with E-state index in [1.807, 2.05) is 0 Å². The molecule has 0 unspecified atom stereocenters. The molecule has 1 fully saturated rings. The second-order valence-corrected chi connectivity index (χ2v) is 6.03. The minimum absolute atomic E-state index is 0.745. The quantitative estimate of drug-likeness (QED) is 0.735. The predicted molar refractivity (Wildman–Crippen MR) is 76.6 cm³/mol. The Morgan fingerprint density at radius 3 is 2.71 bits per heavy atom. The monoisotopic (exact) mass is 291 g/mol. The van der Waals surface area contributed by atoms with Crippen LogP contribution in [0.3, 0.4) is 0 Å². The topological polar surface area (TPSA) is 15.8 Å². The number of halogens is 1. The van der Waals surface area contributed by atoms with Gasteiger partial charge in [0, 0.05) is 10.9 Å². The summed E-state index contributed by atoms with van der Waals surface area (Å²) >= 11 is 3.71. The molecule has 90 valence electrons. The van der Waals surface area contributed by atoms with Crippen LogP contribution in [-0.4, -0.2) is 4.98 Å². The minimum Gasteiger partial charge on any atom is -0.349 e. The number of aryl methyl sites for hydroxylation is 1. The van der Waals surface area contributed by atoms with Crippen LogP contribution in [0.5, 0.6) is 0 Å². The van der Waals surface area contributed by atoms with Gasteiger partial charge in [-0.25, -0.2) is 0 Å². The molecule has 0 saturated heterocycles. The SMILES string of the molecule is Cc1ccc2c(C3CCCCC3)c(Br)[nH]c2c1. The molecule has 0 amide bonds. The molecule has 0 spiro atoms. The van der Waals surface area contributed by atoms with E-state index >= 15 is 0 Å². The maximum absolute atomic E-state index is 3.71. The van der Waals surface area contributed by atoms with Crippen molar-refractivity contribution in [1.82, 2.24) is 4.98 Å². The number of hydrogen-bond acceptors (Lipinski definition) is 0. The lowest BCUT2D eigenvalue weighted by Crippen LogP contribution is -2.04. The highest BCUT2D eigenvalue weighted by Gasteiger charge is 2.21. The van der Waals surface area contributed by atoms with Gasteiger partial charge in [0.1, 0.15) is 0 Å². The highest BCUT2D eigenvalue weighted by atomic mass is 79.9. The molecule has 0 bridgehead atoms. The number of fused-ring (bicyclic) bond motifs is 1. The Kier molecular flexibility index (Phi) is 2.99. The van der Waals surface area contributed by atoms with E-state index in [1.54, 1.807) is 0 Å². The van der Waals surface area contributed by atoms with Crippen LogP contribution in [0.15, 0.2) is 22.8 Å². The number of benzene rings is 1. The van der Waals surface area contributed by atoms with E-state index in [1.165, 1.54) is 58.7 Å². The number of rotatable bonds is 1. The van der Waals surface area contributed by atoms with E-state index in [0.29, 0.717) is 0 Å². The number of aromatic nitrogens is 1. The molecule has 0 atom stereocenters. The molecule has 3 rings (SSSR count). The van der Waals surface area contributed by atoms with Crippen molar-refractivity contribution in [3.8, 4) is 0 Å². The Morgan fingerprint density at radius 1 is 1.18 bits per heavy atom. The maximum Gasteiger partial charge on any atom is 0.0866 e. The number of aromatic amines is 1. The van der Waals surface area contributed by atoms with Crippen LogP contribution < -0.4 is 0 Å². The first-order chi connectivity index (χ1) is 8.25. The summed E-state index contributed by atoms with van der Waals surface area (Å²) in [5, 5.41) is 1.41. The third-order valence-corrected chi connectivity index (χ3v) is 4.58. The van der Waals surface area contributed by atoms with Crippen molar-refractivity contribution >= 4 is 26.8 Å². The highest BCUT2D eigenvalue weighted by Crippen LogP contribution is 2.40. The van der Waals surface area contributed by atoms with Gasteiger partial charge in [-0.05, 0) is 58.8 Å². The third-order valence-electron chi connectivity index (χ3n) is 3.96.